The van der Waals surface area contributed by atoms with Gasteiger partial charge in [-0.25, -0.2) is 4.98 Å². The maximum absolute atomic E-state index is 12.4. The number of aromatic nitrogens is 1. The molecule has 0 radical (unpaired) electrons. The molecule has 2 aromatic rings. The highest BCUT2D eigenvalue weighted by Crippen LogP contribution is 2.18. The molecule has 24 heavy (non-hydrogen) atoms. The predicted molar refractivity (Wildman–Crippen MR) is 97.3 cm³/mol. The molecule has 0 aliphatic carbocycles. The van der Waals surface area contributed by atoms with Crippen molar-refractivity contribution in [3.05, 3.63) is 58.2 Å². The van der Waals surface area contributed by atoms with E-state index in [-0.39, 0.29) is 11.9 Å². The molecule has 1 aliphatic rings. The molecule has 1 aromatic heterocycles. The molecule has 1 aromatic carbocycles. The number of morpholine rings is 1. The summed E-state index contributed by atoms with van der Waals surface area (Å²) in [6.07, 6.45) is 1.63. The van der Waals surface area contributed by atoms with Gasteiger partial charge in [-0.2, -0.15) is 0 Å². The number of ether oxygens (including phenoxy) is 1. The third-order valence-electron chi connectivity index (χ3n) is 4.06. The molecule has 0 saturated carbocycles. The lowest BCUT2D eigenvalue weighted by molar-refractivity contribution is 0.0939. The Hall–Kier alpha value is -1.92. The van der Waals surface area contributed by atoms with E-state index in [1.54, 1.807) is 6.20 Å². The lowest BCUT2D eigenvalue weighted by atomic mass is 10.1. The van der Waals surface area contributed by atoms with Crippen molar-refractivity contribution in [3.63, 3.8) is 0 Å². The Morgan fingerprint density at radius 1 is 1.21 bits per heavy atom. The van der Waals surface area contributed by atoms with Gasteiger partial charge < -0.3 is 15.0 Å². The lowest BCUT2D eigenvalue weighted by Crippen LogP contribution is -2.36. The summed E-state index contributed by atoms with van der Waals surface area (Å²) in [5.74, 6) is 0.766. The molecule has 1 fully saturated rings. The van der Waals surface area contributed by atoms with Crippen LogP contribution >= 0.6 is 15.9 Å². The van der Waals surface area contributed by atoms with Crippen molar-refractivity contribution in [2.45, 2.75) is 13.0 Å². The van der Waals surface area contributed by atoms with Gasteiger partial charge in [0.15, 0.2) is 0 Å². The molecule has 0 bridgehead atoms. The highest BCUT2D eigenvalue weighted by molar-refractivity contribution is 9.10. The van der Waals surface area contributed by atoms with E-state index in [0.717, 1.165) is 28.9 Å². The number of carbonyl (C=O) groups is 1. The molecular weight excluding hydrogens is 370 g/mol. The summed E-state index contributed by atoms with van der Waals surface area (Å²) in [6.45, 7) is 5.07. The average Bonchev–Trinajstić information content (AvgIpc) is 2.63. The Balaban J connectivity index is 1.63. The van der Waals surface area contributed by atoms with E-state index in [9.17, 15) is 4.79 Å². The van der Waals surface area contributed by atoms with Gasteiger partial charge in [0.1, 0.15) is 5.82 Å². The van der Waals surface area contributed by atoms with Gasteiger partial charge in [0.2, 0.25) is 0 Å². The average molecular weight is 390 g/mol. The summed E-state index contributed by atoms with van der Waals surface area (Å²) in [7, 11) is 0. The number of pyridine rings is 1. The third-order valence-corrected chi connectivity index (χ3v) is 4.59. The predicted octanol–water partition coefficient (Wildman–Crippen LogP) is 3.17. The first-order valence-corrected chi connectivity index (χ1v) is 8.78. The molecule has 126 valence electrons. The zero-order valence-corrected chi connectivity index (χ0v) is 15.1. The number of carbonyl (C=O) groups excluding carboxylic acids is 1. The summed E-state index contributed by atoms with van der Waals surface area (Å²) in [5, 5.41) is 3.00. The van der Waals surface area contributed by atoms with Crippen molar-refractivity contribution in [3.8, 4) is 0 Å². The molecule has 6 heteroatoms. The summed E-state index contributed by atoms with van der Waals surface area (Å²) < 4.78 is 6.36. The van der Waals surface area contributed by atoms with E-state index >= 15 is 0 Å². The zero-order chi connectivity index (χ0) is 16.9. The van der Waals surface area contributed by atoms with Crippen LogP contribution in [0.25, 0.3) is 0 Å². The molecule has 3 rings (SSSR count). The van der Waals surface area contributed by atoms with E-state index in [4.69, 9.17) is 4.74 Å². The van der Waals surface area contributed by atoms with Crippen LogP contribution in [0.2, 0.25) is 0 Å². The smallest absolute Gasteiger partial charge is 0.253 e. The van der Waals surface area contributed by atoms with Crippen molar-refractivity contribution in [2.75, 3.05) is 31.2 Å². The first-order chi connectivity index (χ1) is 11.6. The summed E-state index contributed by atoms with van der Waals surface area (Å²) in [5.41, 5.74) is 1.63. The number of nitrogens with zero attached hydrogens (tertiary/aromatic N) is 2. The van der Waals surface area contributed by atoms with Crippen LogP contribution < -0.4 is 10.2 Å². The zero-order valence-electron chi connectivity index (χ0n) is 13.5. The minimum absolute atomic E-state index is 0.0653. The second-order valence-corrected chi connectivity index (χ2v) is 6.67. The van der Waals surface area contributed by atoms with Gasteiger partial charge in [-0.05, 0) is 36.8 Å². The van der Waals surface area contributed by atoms with Gasteiger partial charge in [0, 0.05) is 23.8 Å². The summed E-state index contributed by atoms with van der Waals surface area (Å²) in [6, 6.07) is 11.6. The fraction of sp³-hybridized carbons (Fsp3) is 0.333. The first-order valence-electron chi connectivity index (χ1n) is 7.98. The molecule has 2 heterocycles. The standard InChI is InChI=1S/C18H20BrN3O2/c1-13(14-2-5-16(19)6-3-14)21-18(23)15-4-7-17(20-12-15)22-8-10-24-11-9-22/h2-7,12-13H,8-11H2,1H3,(H,21,23). The molecule has 1 N–H and O–H groups in total. The number of hydrogen-bond acceptors (Lipinski definition) is 4. The van der Waals surface area contributed by atoms with Crippen LogP contribution in [0, 0.1) is 0 Å². The van der Waals surface area contributed by atoms with Crippen LogP contribution in [0.1, 0.15) is 28.9 Å². The Kier molecular flexibility index (Phi) is 5.48. The number of nitrogens with one attached hydrogen (secondary N) is 1. The number of benzene rings is 1. The first kappa shape index (κ1) is 16.9. The van der Waals surface area contributed by atoms with Crippen molar-refractivity contribution < 1.29 is 9.53 Å². The second-order valence-electron chi connectivity index (χ2n) is 5.75. The number of rotatable bonds is 4. The third kappa shape index (κ3) is 4.13. The van der Waals surface area contributed by atoms with Crippen LogP contribution in [0.15, 0.2) is 47.1 Å². The Labute approximate surface area is 150 Å². The SMILES string of the molecule is CC(NC(=O)c1ccc(N2CCOCC2)nc1)c1ccc(Br)cc1. The number of anilines is 1. The Morgan fingerprint density at radius 2 is 1.92 bits per heavy atom. The minimum atomic E-state index is -0.119. The van der Waals surface area contributed by atoms with Crippen molar-refractivity contribution in [1.82, 2.24) is 10.3 Å². The highest BCUT2D eigenvalue weighted by Gasteiger charge is 2.15. The van der Waals surface area contributed by atoms with Gasteiger partial charge >= 0.3 is 0 Å². The normalized spacial score (nSPS) is 15.8. The van der Waals surface area contributed by atoms with Crippen molar-refractivity contribution >= 4 is 27.7 Å². The van der Waals surface area contributed by atoms with Crippen LogP contribution in [0.4, 0.5) is 5.82 Å². The van der Waals surface area contributed by atoms with Crippen LogP contribution in [0.5, 0.6) is 0 Å². The van der Waals surface area contributed by atoms with Gasteiger partial charge in [-0.3, -0.25) is 4.79 Å². The van der Waals surface area contributed by atoms with E-state index in [0.29, 0.717) is 18.8 Å². The molecule has 1 unspecified atom stereocenters. The van der Waals surface area contributed by atoms with Gasteiger partial charge in [-0.15, -0.1) is 0 Å². The molecule has 5 nitrogen and oxygen atoms in total. The fourth-order valence-corrected chi connectivity index (χ4v) is 2.88. The quantitative estimate of drug-likeness (QED) is 0.872. The minimum Gasteiger partial charge on any atom is -0.378 e. The molecule has 1 saturated heterocycles. The maximum atomic E-state index is 12.4. The summed E-state index contributed by atoms with van der Waals surface area (Å²) in [4.78, 5) is 19.0. The topological polar surface area (TPSA) is 54.5 Å². The second kappa shape index (κ2) is 7.77. The molecule has 1 amide bonds. The van der Waals surface area contributed by atoms with E-state index in [1.807, 2.05) is 43.3 Å². The Bertz CT molecular complexity index is 682. The summed E-state index contributed by atoms with van der Waals surface area (Å²) >= 11 is 3.41. The van der Waals surface area contributed by atoms with Crippen LogP contribution in [0.3, 0.4) is 0 Å². The number of amides is 1. The molecule has 0 spiro atoms. The monoisotopic (exact) mass is 389 g/mol. The number of halogens is 1. The van der Waals surface area contributed by atoms with E-state index in [1.165, 1.54) is 0 Å². The number of hydrogen-bond donors (Lipinski definition) is 1. The molecular formula is C18H20BrN3O2. The molecule has 1 atom stereocenters. The lowest BCUT2D eigenvalue weighted by Gasteiger charge is -2.27. The van der Waals surface area contributed by atoms with E-state index < -0.39 is 0 Å². The van der Waals surface area contributed by atoms with Crippen molar-refractivity contribution in [2.24, 2.45) is 0 Å². The Morgan fingerprint density at radius 3 is 2.54 bits per heavy atom. The van der Waals surface area contributed by atoms with Gasteiger partial charge in [0.05, 0.1) is 24.8 Å². The molecule has 1 aliphatic heterocycles. The van der Waals surface area contributed by atoms with Crippen LogP contribution in [-0.4, -0.2) is 37.2 Å². The van der Waals surface area contributed by atoms with Gasteiger partial charge in [-0.1, -0.05) is 28.1 Å². The maximum Gasteiger partial charge on any atom is 0.253 e. The fourth-order valence-electron chi connectivity index (χ4n) is 2.61. The highest BCUT2D eigenvalue weighted by atomic mass is 79.9. The van der Waals surface area contributed by atoms with Gasteiger partial charge in [0.25, 0.3) is 5.91 Å². The van der Waals surface area contributed by atoms with Crippen LogP contribution in [-0.2, 0) is 4.74 Å². The van der Waals surface area contributed by atoms with E-state index in [2.05, 4.69) is 31.1 Å². The van der Waals surface area contributed by atoms with Crippen molar-refractivity contribution in [1.29, 1.82) is 0 Å². The largest absolute Gasteiger partial charge is 0.378 e.